The summed E-state index contributed by atoms with van der Waals surface area (Å²) in [7, 11) is -2.29. The van der Waals surface area contributed by atoms with Crippen molar-refractivity contribution in [3.8, 4) is 11.3 Å². The van der Waals surface area contributed by atoms with Crippen LogP contribution in [0.3, 0.4) is 0 Å². The number of likely N-dealkylation sites (tertiary alicyclic amines) is 1. The number of aryl methyl sites for hydroxylation is 1. The molecule has 266 valence electrons. The van der Waals surface area contributed by atoms with Crippen molar-refractivity contribution in [2.45, 2.75) is 71.4 Å². The standard InChI is InChI=1S/C38H44FN3O7S/c1-8-31(43)33-29-20-28(30(41(6)50(7,46)47)21-32(29)48-35(33)24-15-17-26(39)18-16-24)25-13-11-19-42(22-25)36(44)34(27-14-10-9-12-23(27)2)40-37(45)49-38(3,4)5/h9-10,12,14-18,20-21,25,34H,8,11,13,19,22H2,1-7H3,(H,40,45)/t25-,34+/m0/s1. The fraction of sp³-hybridized carbons (Fsp3) is 0.395. The zero-order chi connectivity index (χ0) is 36.5. The minimum Gasteiger partial charge on any atom is -0.455 e. The third-order valence-electron chi connectivity index (χ3n) is 8.96. The molecule has 0 spiro atoms. The molecule has 5 rings (SSSR count). The van der Waals surface area contributed by atoms with Crippen LogP contribution in [0, 0.1) is 12.7 Å². The number of hydrogen-bond donors (Lipinski definition) is 1. The first kappa shape index (κ1) is 36.6. The van der Waals surface area contributed by atoms with E-state index >= 15 is 0 Å². The van der Waals surface area contributed by atoms with E-state index in [0.29, 0.717) is 58.3 Å². The molecular formula is C38H44FN3O7S. The number of sulfonamides is 1. The van der Waals surface area contributed by atoms with Crippen LogP contribution in [-0.4, -0.2) is 63.1 Å². The van der Waals surface area contributed by atoms with Crippen molar-refractivity contribution in [1.82, 2.24) is 10.2 Å². The van der Waals surface area contributed by atoms with Crippen molar-refractivity contribution < 1.29 is 36.3 Å². The molecule has 4 aromatic rings. The lowest BCUT2D eigenvalue weighted by Crippen LogP contribution is -2.47. The predicted molar refractivity (Wildman–Crippen MR) is 191 cm³/mol. The number of ether oxygens (including phenoxy) is 1. The maximum Gasteiger partial charge on any atom is 0.408 e. The van der Waals surface area contributed by atoms with Crippen molar-refractivity contribution in [1.29, 1.82) is 0 Å². The first-order chi connectivity index (χ1) is 23.5. The van der Waals surface area contributed by atoms with Crippen LogP contribution in [0.25, 0.3) is 22.3 Å². The molecule has 50 heavy (non-hydrogen) atoms. The second kappa shape index (κ2) is 14.3. The molecule has 1 fully saturated rings. The van der Waals surface area contributed by atoms with Gasteiger partial charge in [0.25, 0.3) is 0 Å². The zero-order valence-electron chi connectivity index (χ0n) is 29.5. The minimum atomic E-state index is -3.74. The number of halogens is 1. The third kappa shape index (κ3) is 7.85. The lowest BCUT2D eigenvalue weighted by atomic mass is 9.87. The Morgan fingerprint density at radius 3 is 2.40 bits per heavy atom. The number of piperidine rings is 1. The highest BCUT2D eigenvalue weighted by Crippen LogP contribution is 2.42. The molecule has 0 saturated carbocycles. The Morgan fingerprint density at radius 2 is 1.78 bits per heavy atom. The quantitative estimate of drug-likeness (QED) is 0.179. The highest BCUT2D eigenvalue weighted by Gasteiger charge is 2.35. The molecule has 0 aliphatic carbocycles. The predicted octanol–water partition coefficient (Wildman–Crippen LogP) is 7.51. The summed E-state index contributed by atoms with van der Waals surface area (Å²) in [6.45, 7) is 9.50. The maximum atomic E-state index is 14.3. The molecule has 2 amide bonds. The third-order valence-corrected chi connectivity index (χ3v) is 10.2. The van der Waals surface area contributed by atoms with Gasteiger partial charge in [-0.2, -0.15) is 0 Å². The molecule has 1 aromatic heterocycles. The highest BCUT2D eigenvalue weighted by molar-refractivity contribution is 7.92. The van der Waals surface area contributed by atoms with Crippen LogP contribution in [0.4, 0.5) is 14.9 Å². The molecule has 1 aliphatic heterocycles. The average Bonchev–Trinajstić information content (AvgIpc) is 3.43. The second-order valence-corrected chi connectivity index (χ2v) is 15.8. The molecule has 1 saturated heterocycles. The van der Waals surface area contributed by atoms with Crippen LogP contribution >= 0.6 is 0 Å². The summed E-state index contributed by atoms with van der Waals surface area (Å²) in [4.78, 5) is 42.4. The smallest absolute Gasteiger partial charge is 0.408 e. The molecule has 2 heterocycles. The number of nitrogens with one attached hydrogen (secondary N) is 1. The molecule has 2 atom stereocenters. The van der Waals surface area contributed by atoms with Crippen molar-refractivity contribution in [2.75, 3.05) is 30.7 Å². The van der Waals surface area contributed by atoms with Crippen LogP contribution in [0.5, 0.6) is 0 Å². The van der Waals surface area contributed by atoms with Gasteiger partial charge in [-0.1, -0.05) is 31.2 Å². The Morgan fingerprint density at radius 1 is 1.10 bits per heavy atom. The maximum absolute atomic E-state index is 14.3. The Bertz CT molecular complexity index is 2030. The molecule has 0 radical (unpaired) electrons. The van der Waals surface area contributed by atoms with Gasteiger partial charge >= 0.3 is 6.09 Å². The summed E-state index contributed by atoms with van der Waals surface area (Å²) in [5.74, 6) is -1.00. The van der Waals surface area contributed by atoms with Gasteiger partial charge in [-0.15, -0.1) is 0 Å². The molecule has 0 unspecified atom stereocenters. The van der Waals surface area contributed by atoms with Crippen LogP contribution < -0.4 is 9.62 Å². The van der Waals surface area contributed by atoms with Gasteiger partial charge in [0.05, 0.1) is 17.5 Å². The molecular weight excluding hydrogens is 661 g/mol. The summed E-state index contributed by atoms with van der Waals surface area (Å²) in [6, 6.07) is 15.4. The van der Waals surface area contributed by atoms with Gasteiger partial charge in [0.1, 0.15) is 28.8 Å². The monoisotopic (exact) mass is 705 g/mol. The number of carbonyl (C=O) groups excluding carboxylic acids is 3. The SMILES string of the molecule is CCC(=O)c1c(-c2ccc(F)cc2)oc2cc(N(C)S(C)(=O)=O)c([C@H]3CCCN(C(=O)[C@H](NC(=O)OC(C)(C)C)c4ccccc4C)C3)cc12. The Kier molecular flexibility index (Phi) is 10.4. The van der Waals surface area contributed by atoms with Crippen molar-refractivity contribution in [2.24, 2.45) is 0 Å². The largest absolute Gasteiger partial charge is 0.455 e. The van der Waals surface area contributed by atoms with Crippen LogP contribution in [-0.2, 0) is 19.6 Å². The van der Waals surface area contributed by atoms with Gasteiger partial charge in [-0.05, 0) is 87.6 Å². The zero-order valence-corrected chi connectivity index (χ0v) is 30.3. The molecule has 0 bridgehead atoms. The van der Waals surface area contributed by atoms with Gasteiger partial charge < -0.3 is 19.4 Å². The molecule has 1 aliphatic rings. The number of nitrogens with zero attached hydrogens (tertiary/aromatic N) is 2. The number of anilines is 1. The van der Waals surface area contributed by atoms with Gasteiger partial charge in [0.2, 0.25) is 15.9 Å². The van der Waals surface area contributed by atoms with Gasteiger partial charge in [-0.3, -0.25) is 13.9 Å². The van der Waals surface area contributed by atoms with E-state index < -0.39 is 33.6 Å². The fourth-order valence-electron chi connectivity index (χ4n) is 6.41. The summed E-state index contributed by atoms with van der Waals surface area (Å²) in [5.41, 5.74) is 2.81. The number of benzene rings is 3. The second-order valence-electron chi connectivity index (χ2n) is 13.8. The van der Waals surface area contributed by atoms with Gasteiger partial charge in [-0.25, -0.2) is 17.6 Å². The number of rotatable bonds is 9. The van der Waals surface area contributed by atoms with E-state index in [9.17, 15) is 27.2 Å². The van der Waals surface area contributed by atoms with E-state index in [-0.39, 0.29) is 36.3 Å². The summed E-state index contributed by atoms with van der Waals surface area (Å²) in [6.07, 6.45) is 1.80. The van der Waals surface area contributed by atoms with E-state index in [1.54, 1.807) is 56.9 Å². The molecule has 12 heteroatoms. The van der Waals surface area contributed by atoms with E-state index in [4.69, 9.17) is 9.15 Å². The van der Waals surface area contributed by atoms with E-state index in [1.165, 1.54) is 35.6 Å². The van der Waals surface area contributed by atoms with Crippen LogP contribution in [0.1, 0.15) is 86.0 Å². The summed E-state index contributed by atoms with van der Waals surface area (Å²) >= 11 is 0. The number of amides is 2. The topological polar surface area (TPSA) is 126 Å². The Hall–Kier alpha value is -4.71. The average molecular weight is 706 g/mol. The normalized spacial score (nSPS) is 15.8. The Balaban J connectivity index is 1.60. The van der Waals surface area contributed by atoms with Crippen LogP contribution in [0.15, 0.2) is 65.1 Å². The number of hydrogen-bond acceptors (Lipinski definition) is 7. The fourth-order valence-corrected chi connectivity index (χ4v) is 6.92. The summed E-state index contributed by atoms with van der Waals surface area (Å²) < 4.78 is 52.6. The number of furan rings is 1. The number of Topliss-reactive ketones (excluding diaryl/α,β-unsaturated/α-hetero) is 1. The minimum absolute atomic E-state index is 0.180. The van der Waals surface area contributed by atoms with E-state index in [2.05, 4.69) is 5.32 Å². The number of ketones is 1. The first-order valence-electron chi connectivity index (χ1n) is 16.7. The van der Waals surface area contributed by atoms with Crippen LogP contribution in [0.2, 0.25) is 0 Å². The lowest BCUT2D eigenvalue weighted by Gasteiger charge is -2.37. The van der Waals surface area contributed by atoms with E-state index in [1.807, 2.05) is 19.1 Å². The molecule has 10 nitrogen and oxygen atoms in total. The van der Waals surface area contributed by atoms with Crippen molar-refractivity contribution >= 4 is 44.5 Å². The van der Waals surface area contributed by atoms with Gasteiger partial charge in [0.15, 0.2) is 5.78 Å². The number of fused-ring (bicyclic) bond motifs is 1. The van der Waals surface area contributed by atoms with Gasteiger partial charge in [0, 0.05) is 49.5 Å². The number of carbonyl (C=O) groups is 3. The number of alkyl carbamates (subject to hydrolysis) is 1. The van der Waals surface area contributed by atoms with E-state index in [0.717, 1.165) is 11.8 Å². The Labute approximate surface area is 292 Å². The van der Waals surface area contributed by atoms with Crippen molar-refractivity contribution in [3.05, 3.63) is 88.7 Å². The highest BCUT2D eigenvalue weighted by atomic mass is 32.2. The lowest BCUT2D eigenvalue weighted by molar-refractivity contribution is -0.135. The summed E-state index contributed by atoms with van der Waals surface area (Å²) in [5, 5.41) is 3.30. The first-order valence-corrected chi connectivity index (χ1v) is 18.5. The van der Waals surface area contributed by atoms with Crippen molar-refractivity contribution in [3.63, 3.8) is 0 Å². The molecule has 1 N–H and O–H groups in total. The molecule has 3 aromatic carbocycles.